The topological polar surface area (TPSA) is 55.4 Å². The molecule has 1 aromatic rings. The van der Waals surface area contributed by atoms with Gasteiger partial charge in [-0.3, -0.25) is 4.79 Å². The van der Waals surface area contributed by atoms with Gasteiger partial charge in [0.25, 0.3) is 0 Å². The molecule has 0 spiro atoms. The molecule has 1 N–H and O–H groups in total. The third kappa shape index (κ3) is 4.43. The predicted molar refractivity (Wildman–Crippen MR) is 78.6 cm³/mol. The van der Waals surface area contributed by atoms with Gasteiger partial charge < -0.3 is 10.1 Å². The molecule has 21 heavy (non-hydrogen) atoms. The fourth-order valence-corrected chi connectivity index (χ4v) is 2.38. The van der Waals surface area contributed by atoms with E-state index in [1.165, 1.54) is 25.3 Å². The molecule has 0 aromatic heterocycles. The zero-order valence-electron chi connectivity index (χ0n) is 12.3. The largest absolute Gasteiger partial charge is 0.467 e. The lowest BCUT2D eigenvalue weighted by atomic mass is 9.95. The van der Waals surface area contributed by atoms with E-state index in [9.17, 15) is 14.0 Å². The molecule has 0 heterocycles. The van der Waals surface area contributed by atoms with Gasteiger partial charge in [0.15, 0.2) is 0 Å². The second-order valence-electron chi connectivity index (χ2n) is 5.00. The minimum atomic E-state index is -1.13. The summed E-state index contributed by atoms with van der Waals surface area (Å²) in [6, 6.07) is 4.22. The average molecular weight is 316 g/mol. The molecule has 1 unspecified atom stereocenters. The number of carbonyl (C=O) groups excluding carboxylic acids is 2. The first-order valence-corrected chi connectivity index (χ1v) is 7.04. The number of amides is 1. The van der Waals surface area contributed by atoms with Gasteiger partial charge in [-0.15, -0.1) is 0 Å². The van der Waals surface area contributed by atoms with E-state index >= 15 is 0 Å². The highest BCUT2D eigenvalue weighted by Crippen LogP contribution is 2.20. The Balaban J connectivity index is 2.86. The third-order valence-electron chi connectivity index (χ3n) is 3.20. The summed E-state index contributed by atoms with van der Waals surface area (Å²) in [7, 11) is 1.26. The lowest BCUT2D eigenvalue weighted by molar-refractivity contribution is -0.150. The van der Waals surface area contributed by atoms with Crippen molar-refractivity contribution >= 4 is 23.5 Å². The SMILES string of the molecule is CCCC(C)(NC(=O)Cc1c(F)cccc1Cl)C(=O)OC. The van der Waals surface area contributed by atoms with Crippen LogP contribution >= 0.6 is 11.6 Å². The van der Waals surface area contributed by atoms with Gasteiger partial charge in [0.2, 0.25) is 5.91 Å². The number of esters is 1. The van der Waals surface area contributed by atoms with Crippen LogP contribution in [0.25, 0.3) is 0 Å². The molecule has 0 saturated carbocycles. The molecular weight excluding hydrogens is 297 g/mol. The van der Waals surface area contributed by atoms with Crippen molar-refractivity contribution in [3.05, 3.63) is 34.6 Å². The van der Waals surface area contributed by atoms with Crippen molar-refractivity contribution in [3.63, 3.8) is 0 Å². The molecule has 1 amide bonds. The van der Waals surface area contributed by atoms with Crippen molar-refractivity contribution in [2.45, 2.75) is 38.6 Å². The molecule has 1 atom stereocenters. The number of ether oxygens (including phenoxy) is 1. The summed E-state index contributed by atoms with van der Waals surface area (Å²) in [6.45, 7) is 3.48. The molecular formula is C15H19ClFNO3. The minimum absolute atomic E-state index is 0.111. The van der Waals surface area contributed by atoms with Gasteiger partial charge in [-0.2, -0.15) is 0 Å². The van der Waals surface area contributed by atoms with Gasteiger partial charge in [0, 0.05) is 10.6 Å². The van der Waals surface area contributed by atoms with Gasteiger partial charge in [-0.25, -0.2) is 9.18 Å². The Kier molecular flexibility index (Phi) is 6.15. The van der Waals surface area contributed by atoms with E-state index in [2.05, 4.69) is 5.32 Å². The van der Waals surface area contributed by atoms with E-state index in [-0.39, 0.29) is 17.0 Å². The smallest absolute Gasteiger partial charge is 0.331 e. The van der Waals surface area contributed by atoms with E-state index in [1.54, 1.807) is 6.92 Å². The van der Waals surface area contributed by atoms with E-state index in [0.717, 1.165) is 0 Å². The Bertz CT molecular complexity index is 515. The molecule has 4 nitrogen and oxygen atoms in total. The summed E-state index contributed by atoms with van der Waals surface area (Å²) in [4.78, 5) is 23.9. The quantitative estimate of drug-likeness (QED) is 0.821. The van der Waals surface area contributed by atoms with Crippen molar-refractivity contribution in [1.82, 2.24) is 5.32 Å². The molecule has 0 aliphatic carbocycles. The van der Waals surface area contributed by atoms with Crippen LogP contribution in [0, 0.1) is 5.82 Å². The monoisotopic (exact) mass is 315 g/mol. The molecule has 1 aromatic carbocycles. The zero-order chi connectivity index (χ0) is 16.0. The number of nitrogens with one attached hydrogen (secondary N) is 1. The normalized spacial score (nSPS) is 13.4. The van der Waals surface area contributed by atoms with Gasteiger partial charge >= 0.3 is 5.97 Å². The first-order valence-electron chi connectivity index (χ1n) is 6.66. The lowest BCUT2D eigenvalue weighted by Crippen LogP contribution is -2.53. The molecule has 0 saturated heterocycles. The van der Waals surface area contributed by atoms with Crippen LogP contribution in [0.15, 0.2) is 18.2 Å². The second kappa shape index (κ2) is 7.41. The summed E-state index contributed by atoms with van der Waals surface area (Å²) < 4.78 is 18.4. The Morgan fingerprint density at radius 3 is 2.62 bits per heavy atom. The van der Waals surface area contributed by atoms with E-state index in [1.807, 2.05) is 6.92 Å². The van der Waals surface area contributed by atoms with Crippen LogP contribution < -0.4 is 5.32 Å². The summed E-state index contributed by atoms with van der Waals surface area (Å²) in [6.07, 6.45) is 0.880. The average Bonchev–Trinajstić information content (AvgIpc) is 2.42. The minimum Gasteiger partial charge on any atom is -0.467 e. The van der Waals surface area contributed by atoms with Crippen molar-refractivity contribution < 1.29 is 18.7 Å². The Labute approximate surface area is 128 Å². The fourth-order valence-electron chi connectivity index (χ4n) is 2.15. The highest BCUT2D eigenvalue weighted by atomic mass is 35.5. The number of halogens is 2. The van der Waals surface area contributed by atoms with E-state index < -0.39 is 23.2 Å². The van der Waals surface area contributed by atoms with Crippen LogP contribution in [0.2, 0.25) is 5.02 Å². The maximum atomic E-state index is 13.7. The summed E-state index contributed by atoms with van der Waals surface area (Å²) in [5.74, 6) is -1.56. The fraction of sp³-hybridized carbons (Fsp3) is 0.467. The number of hydrogen-bond acceptors (Lipinski definition) is 3. The number of hydrogen-bond donors (Lipinski definition) is 1. The molecule has 0 aliphatic rings. The van der Waals surface area contributed by atoms with Crippen LogP contribution in [0.5, 0.6) is 0 Å². The van der Waals surface area contributed by atoms with E-state index in [0.29, 0.717) is 12.8 Å². The first-order chi connectivity index (χ1) is 9.84. The van der Waals surface area contributed by atoms with Crippen molar-refractivity contribution in [3.8, 4) is 0 Å². The molecule has 6 heteroatoms. The number of benzene rings is 1. The summed E-state index contributed by atoms with van der Waals surface area (Å²) >= 11 is 5.88. The van der Waals surface area contributed by atoms with Crippen LogP contribution in [-0.2, 0) is 20.7 Å². The molecule has 0 aliphatic heterocycles. The summed E-state index contributed by atoms with van der Waals surface area (Å²) in [5.41, 5.74) is -1.02. The molecule has 1 rings (SSSR count). The van der Waals surface area contributed by atoms with Crippen molar-refractivity contribution in [2.24, 2.45) is 0 Å². The van der Waals surface area contributed by atoms with Crippen molar-refractivity contribution in [1.29, 1.82) is 0 Å². The third-order valence-corrected chi connectivity index (χ3v) is 3.55. The maximum Gasteiger partial charge on any atom is 0.331 e. The number of carbonyl (C=O) groups is 2. The zero-order valence-corrected chi connectivity index (χ0v) is 13.1. The van der Waals surface area contributed by atoms with Crippen LogP contribution in [0.1, 0.15) is 32.3 Å². The highest BCUT2D eigenvalue weighted by molar-refractivity contribution is 6.31. The predicted octanol–water partition coefficient (Wildman–Crippen LogP) is 2.87. The van der Waals surface area contributed by atoms with Gasteiger partial charge in [-0.1, -0.05) is 31.0 Å². The Morgan fingerprint density at radius 2 is 2.10 bits per heavy atom. The number of methoxy groups -OCH3 is 1. The van der Waals surface area contributed by atoms with Gasteiger partial charge in [0.05, 0.1) is 13.5 Å². The standard InChI is InChI=1S/C15H19ClFNO3/c1-4-8-15(2,14(20)21-3)18-13(19)9-10-11(16)6-5-7-12(10)17/h5-7H,4,8-9H2,1-3H3,(H,18,19). The van der Waals surface area contributed by atoms with Gasteiger partial charge in [0.1, 0.15) is 11.4 Å². The first kappa shape index (κ1) is 17.4. The molecule has 116 valence electrons. The van der Waals surface area contributed by atoms with Crippen LogP contribution in [0.3, 0.4) is 0 Å². The highest BCUT2D eigenvalue weighted by Gasteiger charge is 2.35. The van der Waals surface area contributed by atoms with Crippen LogP contribution in [-0.4, -0.2) is 24.5 Å². The van der Waals surface area contributed by atoms with E-state index in [4.69, 9.17) is 16.3 Å². The van der Waals surface area contributed by atoms with Crippen LogP contribution in [0.4, 0.5) is 4.39 Å². The second-order valence-corrected chi connectivity index (χ2v) is 5.41. The Morgan fingerprint density at radius 1 is 1.43 bits per heavy atom. The Hall–Kier alpha value is -1.62. The number of rotatable bonds is 6. The maximum absolute atomic E-state index is 13.7. The summed E-state index contributed by atoms with van der Waals surface area (Å²) in [5, 5.41) is 2.79. The lowest BCUT2D eigenvalue weighted by Gasteiger charge is -2.27. The molecule has 0 fully saturated rings. The van der Waals surface area contributed by atoms with Gasteiger partial charge in [-0.05, 0) is 25.5 Å². The molecule has 0 bridgehead atoms. The van der Waals surface area contributed by atoms with Crippen molar-refractivity contribution in [2.75, 3.05) is 7.11 Å². The molecule has 0 radical (unpaired) electrons.